The highest BCUT2D eigenvalue weighted by Crippen LogP contribution is 2.13. The Labute approximate surface area is 281 Å². The van der Waals surface area contributed by atoms with Crippen molar-refractivity contribution in [3.05, 3.63) is 24.3 Å². The summed E-state index contributed by atoms with van der Waals surface area (Å²) in [4.78, 5) is 24.5. The Morgan fingerprint density at radius 1 is 0.489 bits per heavy atom. The third kappa shape index (κ3) is 35.5. The highest BCUT2D eigenvalue weighted by Gasteiger charge is 2.17. The zero-order valence-corrected chi connectivity index (χ0v) is 30.9. The van der Waals surface area contributed by atoms with E-state index in [-0.39, 0.29) is 25.2 Å². The second-order valence-corrected chi connectivity index (χ2v) is 13.1. The van der Waals surface area contributed by atoms with Gasteiger partial charge in [0.1, 0.15) is 6.61 Å². The maximum Gasteiger partial charge on any atom is 0.306 e. The quantitative estimate of drug-likeness (QED) is 0.0295. The summed E-state index contributed by atoms with van der Waals surface area (Å²) in [5.74, 6) is -0.470. The number of hydrogen-bond donors (Lipinski definition) is 0. The Kier molecular flexibility index (Phi) is 36.3. The summed E-state index contributed by atoms with van der Waals surface area (Å²) < 4.78 is 16.0. The van der Waals surface area contributed by atoms with E-state index in [0.29, 0.717) is 12.8 Å². The standard InChI is InChI=1S/C39H73O5P/c1-3-5-7-9-11-13-15-17-19-21-23-25-27-29-31-33-38(40)42-35-37(36-43-45)44-39(41)34-32-30-28-26-24-22-20-18-16-14-12-10-8-6-4-2/h17-20,37H,3-16,21-36,45H2,1-2H3/b19-17-,20-18-/t37-/m1/s1. The van der Waals surface area contributed by atoms with Crippen LogP contribution >= 0.6 is 9.47 Å². The van der Waals surface area contributed by atoms with Crippen LogP contribution in [0.3, 0.4) is 0 Å². The summed E-state index contributed by atoms with van der Waals surface area (Å²) in [6, 6.07) is 0. The molecule has 0 radical (unpaired) electrons. The highest BCUT2D eigenvalue weighted by atomic mass is 31.0. The second-order valence-electron chi connectivity index (χ2n) is 12.8. The lowest BCUT2D eigenvalue weighted by Gasteiger charge is -2.17. The molecule has 0 amide bonds. The van der Waals surface area contributed by atoms with Crippen molar-refractivity contribution in [2.45, 2.75) is 200 Å². The van der Waals surface area contributed by atoms with Crippen molar-refractivity contribution in [2.24, 2.45) is 0 Å². The minimum atomic E-state index is -0.559. The number of ether oxygens (including phenoxy) is 2. The van der Waals surface area contributed by atoms with Gasteiger partial charge in [0.25, 0.3) is 0 Å². The monoisotopic (exact) mass is 653 g/mol. The summed E-state index contributed by atoms with van der Waals surface area (Å²) >= 11 is 0. The van der Waals surface area contributed by atoms with Gasteiger partial charge in [-0.15, -0.1) is 0 Å². The number of allylic oxidation sites excluding steroid dienone is 4. The molecule has 264 valence electrons. The molecule has 1 unspecified atom stereocenters. The lowest BCUT2D eigenvalue weighted by molar-refractivity contribution is -0.160. The van der Waals surface area contributed by atoms with Crippen molar-refractivity contribution >= 4 is 21.4 Å². The molecule has 0 aliphatic carbocycles. The van der Waals surface area contributed by atoms with Crippen LogP contribution in [0.4, 0.5) is 0 Å². The number of rotatable bonds is 35. The van der Waals surface area contributed by atoms with Gasteiger partial charge < -0.3 is 14.0 Å². The van der Waals surface area contributed by atoms with Crippen molar-refractivity contribution in [1.82, 2.24) is 0 Å². The normalized spacial score (nSPS) is 12.3. The summed E-state index contributed by atoms with van der Waals surface area (Å²) in [5.41, 5.74) is 0. The SMILES string of the molecule is CCCCCCCC/C=C\CCCCCCCC(=O)OC[C@H](COP)OC(=O)CCCCCCC/C=C\CCCCCCCC. The van der Waals surface area contributed by atoms with Gasteiger partial charge >= 0.3 is 11.9 Å². The summed E-state index contributed by atoms with van der Waals surface area (Å²) in [6.07, 6.45) is 41.5. The van der Waals surface area contributed by atoms with Gasteiger partial charge in [0.2, 0.25) is 0 Å². The Morgan fingerprint density at radius 2 is 0.844 bits per heavy atom. The molecule has 0 rings (SSSR count). The van der Waals surface area contributed by atoms with Gasteiger partial charge in [-0.05, 0) is 64.2 Å². The topological polar surface area (TPSA) is 61.8 Å². The molecule has 0 spiro atoms. The van der Waals surface area contributed by atoms with Crippen LogP contribution in [0.1, 0.15) is 194 Å². The second kappa shape index (κ2) is 37.3. The van der Waals surface area contributed by atoms with Crippen molar-refractivity contribution in [3.63, 3.8) is 0 Å². The number of unbranched alkanes of at least 4 members (excludes halogenated alkanes) is 22. The fourth-order valence-electron chi connectivity index (χ4n) is 5.41. The molecule has 0 aromatic heterocycles. The van der Waals surface area contributed by atoms with Crippen LogP contribution in [0.5, 0.6) is 0 Å². The Bertz CT molecular complexity index is 693. The molecule has 0 aromatic carbocycles. The van der Waals surface area contributed by atoms with E-state index in [0.717, 1.165) is 51.4 Å². The summed E-state index contributed by atoms with van der Waals surface area (Å²) in [7, 11) is 2.17. The number of carbonyl (C=O) groups excluding carboxylic acids is 2. The summed E-state index contributed by atoms with van der Waals surface area (Å²) in [6.45, 7) is 4.77. The predicted molar refractivity (Wildman–Crippen MR) is 195 cm³/mol. The van der Waals surface area contributed by atoms with Crippen molar-refractivity contribution in [2.75, 3.05) is 13.2 Å². The van der Waals surface area contributed by atoms with Crippen LogP contribution in [0, 0.1) is 0 Å². The minimum Gasteiger partial charge on any atom is -0.462 e. The van der Waals surface area contributed by atoms with E-state index in [9.17, 15) is 9.59 Å². The zero-order chi connectivity index (χ0) is 32.9. The summed E-state index contributed by atoms with van der Waals surface area (Å²) in [5, 5.41) is 0. The van der Waals surface area contributed by atoms with Gasteiger partial charge in [-0.2, -0.15) is 0 Å². The maximum absolute atomic E-state index is 12.3. The van der Waals surface area contributed by atoms with Gasteiger partial charge in [0, 0.05) is 22.3 Å². The molecule has 0 saturated carbocycles. The molecule has 5 nitrogen and oxygen atoms in total. The molecule has 0 N–H and O–H groups in total. The fraction of sp³-hybridized carbons (Fsp3) is 0.846. The van der Waals surface area contributed by atoms with Crippen LogP contribution in [-0.4, -0.2) is 31.3 Å². The van der Waals surface area contributed by atoms with Gasteiger partial charge in [-0.25, -0.2) is 0 Å². The lowest BCUT2D eigenvalue weighted by Crippen LogP contribution is -2.28. The molecular formula is C39H73O5P. The molecule has 0 fully saturated rings. The van der Waals surface area contributed by atoms with Crippen LogP contribution in [0.25, 0.3) is 0 Å². The largest absolute Gasteiger partial charge is 0.462 e. The van der Waals surface area contributed by atoms with E-state index >= 15 is 0 Å². The van der Waals surface area contributed by atoms with E-state index in [1.165, 1.54) is 116 Å². The average molecular weight is 653 g/mol. The van der Waals surface area contributed by atoms with Gasteiger partial charge in [0.15, 0.2) is 6.10 Å². The lowest BCUT2D eigenvalue weighted by atomic mass is 10.1. The zero-order valence-electron chi connectivity index (χ0n) is 29.7. The van der Waals surface area contributed by atoms with Crippen LogP contribution in [0.15, 0.2) is 24.3 Å². The van der Waals surface area contributed by atoms with E-state index in [4.69, 9.17) is 14.0 Å². The van der Waals surface area contributed by atoms with Crippen LogP contribution in [-0.2, 0) is 23.6 Å². The average Bonchev–Trinajstić information content (AvgIpc) is 3.03. The molecule has 0 aliphatic rings. The van der Waals surface area contributed by atoms with E-state index in [1.807, 2.05) is 0 Å². The molecule has 0 bridgehead atoms. The third-order valence-corrected chi connectivity index (χ3v) is 8.49. The number of esters is 2. The first-order valence-electron chi connectivity index (χ1n) is 19.1. The molecule has 0 aromatic rings. The molecule has 2 atom stereocenters. The molecule has 0 saturated heterocycles. The third-order valence-electron chi connectivity index (χ3n) is 8.30. The first-order valence-corrected chi connectivity index (χ1v) is 19.6. The predicted octanol–water partition coefficient (Wildman–Crippen LogP) is 12.3. The van der Waals surface area contributed by atoms with Gasteiger partial charge in [-0.1, -0.05) is 141 Å². The van der Waals surface area contributed by atoms with Crippen LogP contribution in [0.2, 0.25) is 0 Å². The minimum absolute atomic E-state index is 0.0520. The van der Waals surface area contributed by atoms with Crippen molar-refractivity contribution in [3.8, 4) is 0 Å². The molecule has 0 aliphatic heterocycles. The Balaban J connectivity index is 3.68. The first-order chi connectivity index (χ1) is 22.1. The van der Waals surface area contributed by atoms with Gasteiger partial charge in [-0.3, -0.25) is 9.59 Å². The smallest absolute Gasteiger partial charge is 0.306 e. The van der Waals surface area contributed by atoms with Crippen LogP contribution < -0.4 is 0 Å². The van der Waals surface area contributed by atoms with Gasteiger partial charge in [0.05, 0.1) is 6.61 Å². The van der Waals surface area contributed by atoms with E-state index < -0.39 is 6.10 Å². The van der Waals surface area contributed by atoms with Crippen molar-refractivity contribution < 1.29 is 23.6 Å². The Hall–Kier alpha value is -1.19. The highest BCUT2D eigenvalue weighted by molar-refractivity contribution is 7.09. The number of carbonyl (C=O) groups is 2. The number of hydrogen-bond acceptors (Lipinski definition) is 5. The molecule has 45 heavy (non-hydrogen) atoms. The molecule has 0 heterocycles. The molecular weight excluding hydrogens is 579 g/mol. The fourth-order valence-corrected chi connectivity index (χ4v) is 5.62. The Morgan fingerprint density at radius 3 is 1.24 bits per heavy atom. The van der Waals surface area contributed by atoms with E-state index in [1.54, 1.807) is 0 Å². The first kappa shape index (κ1) is 43.8. The van der Waals surface area contributed by atoms with Crippen molar-refractivity contribution in [1.29, 1.82) is 0 Å². The molecule has 6 heteroatoms. The maximum atomic E-state index is 12.3. The van der Waals surface area contributed by atoms with E-state index in [2.05, 4.69) is 47.6 Å².